The average Bonchev–Trinajstić information content (AvgIpc) is 2.56. The summed E-state index contributed by atoms with van der Waals surface area (Å²) in [5.41, 5.74) is 2.93. The topological polar surface area (TPSA) is 49.4 Å². The van der Waals surface area contributed by atoms with Crippen molar-refractivity contribution in [3.8, 4) is 0 Å². The summed E-state index contributed by atoms with van der Waals surface area (Å²) >= 11 is 0. The lowest BCUT2D eigenvalue weighted by Gasteiger charge is -2.20. The number of carbonyl (C=O) groups excluding carboxylic acids is 2. The van der Waals surface area contributed by atoms with Gasteiger partial charge in [0.2, 0.25) is 0 Å². The van der Waals surface area contributed by atoms with E-state index in [9.17, 15) is 9.59 Å². The van der Waals surface area contributed by atoms with Gasteiger partial charge in [0.15, 0.2) is 0 Å². The SMILES string of the molecule is CCN(C(=O)C(=O)NCCc1ccccc1)c1cccc(C)c1. The zero-order valence-electron chi connectivity index (χ0n) is 13.6. The molecule has 0 aliphatic carbocycles. The Balaban J connectivity index is 1.93. The van der Waals surface area contributed by atoms with E-state index in [4.69, 9.17) is 0 Å². The van der Waals surface area contributed by atoms with Crippen molar-refractivity contribution in [2.24, 2.45) is 0 Å². The Morgan fingerprint density at radius 1 is 1.04 bits per heavy atom. The van der Waals surface area contributed by atoms with Crippen molar-refractivity contribution in [1.82, 2.24) is 5.32 Å². The second kappa shape index (κ2) is 8.13. The van der Waals surface area contributed by atoms with Gasteiger partial charge in [0.25, 0.3) is 0 Å². The molecule has 0 spiro atoms. The van der Waals surface area contributed by atoms with Crippen LogP contribution < -0.4 is 10.2 Å². The average molecular weight is 310 g/mol. The van der Waals surface area contributed by atoms with E-state index in [1.54, 1.807) is 0 Å². The largest absolute Gasteiger partial charge is 0.347 e. The molecular weight excluding hydrogens is 288 g/mol. The monoisotopic (exact) mass is 310 g/mol. The zero-order valence-corrected chi connectivity index (χ0v) is 13.6. The van der Waals surface area contributed by atoms with Crippen molar-refractivity contribution in [3.63, 3.8) is 0 Å². The van der Waals surface area contributed by atoms with Crippen LogP contribution in [0.1, 0.15) is 18.1 Å². The Labute approximate surface area is 137 Å². The highest BCUT2D eigenvalue weighted by molar-refractivity contribution is 6.40. The van der Waals surface area contributed by atoms with Crippen LogP contribution in [0.25, 0.3) is 0 Å². The van der Waals surface area contributed by atoms with Crippen LogP contribution in [0.5, 0.6) is 0 Å². The molecule has 0 heterocycles. The van der Waals surface area contributed by atoms with E-state index in [0.717, 1.165) is 16.8 Å². The molecule has 2 aromatic rings. The predicted molar refractivity (Wildman–Crippen MR) is 92.4 cm³/mol. The minimum Gasteiger partial charge on any atom is -0.347 e. The third-order valence-corrected chi connectivity index (χ3v) is 3.61. The lowest BCUT2D eigenvalue weighted by atomic mass is 10.1. The molecule has 0 saturated carbocycles. The maximum Gasteiger partial charge on any atom is 0.316 e. The number of nitrogens with zero attached hydrogens (tertiary/aromatic N) is 1. The van der Waals surface area contributed by atoms with Gasteiger partial charge in [-0.25, -0.2) is 0 Å². The highest BCUT2D eigenvalue weighted by Crippen LogP contribution is 2.15. The van der Waals surface area contributed by atoms with Gasteiger partial charge in [0, 0.05) is 18.8 Å². The number of nitrogens with one attached hydrogen (secondary N) is 1. The quantitative estimate of drug-likeness (QED) is 0.863. The van der Waals surface area contributed by atoms with E-state index < -0.39 is 11.8 Å². The molecule has 0 saturated heterocycles. The molecule has 23 heavy (non-hydrogen) atoms. The lowest BCUT2D eigenvalue weighted by molar-refractivity contribution is -0.137. The fourth-order valence-corrected chi connectivity index (χ4v) is 2.40. The summed E-state index contributed by atoms with van der Waals surface area (Å²) in [6.45, 7) is 4.72. The van der Waals surface area contributed by atoms with E-state index in [-0.39, 0.29) is 0 Å². The fraction of sp³-hybridized carbons (Fsp3) is 0.263. The number of amides is 2. The third-order valence-electron chi connectivity index (χ3n) is 3.61. The van der Waals surface area contributed by atoms with Gasteiger partial charge in [0.1, 0.15) is 0 Å². The fourth-order valence-electron chi connectivity index (χ4n) is 2.40. The molecule has 0 aromatic heterocycles. The molecule has 4 nitrogen and oxygen atoms in total. The third kappa shape index (κ3) is 4.68. The van der Waals surface area contributed by atoms with Crippen molar-refractivity contribution in [3.05, 3.63) is 65.7 Å². The number of rotatable bonds is 5. The van der Waals surface area contributed by atoms with Crippen LogP contribution in [0.4, 0.5) is 5.69 Å². The Hall–Kier alpha value is -2.62. The molecule has 0 unspecified atom stereocenters. The summed E-state index contributed by atoms with van der Waals surface area (Å²) in [7, 11) is 0. The minimum absolute atomic E-state index is 0.444. The van der Waals surface area contributed by atoms with E-state index in [1.165, 1.54) is 4.90 Å². The molecule has 0 radical (unpaired) electrons. The number of anilines is 1. The summed E-state index contributed by atoms with van der Waals surface area (Å²) in [5, 5.41) is 2.70. The van der Waals surface area contributed by atoms with Gasteiger partial charge in [-0.15, -0.1) is 0 Å². The number of benzene rings is 2. The van der Waals surface area contributed by atoms with Crippen LogP contribution >= 0.6 is 0 Å². The lowest BCUT2D eigenvalue weighted by Crippen LogP contribution is -2.43. The van der Waals surface area contributed by atoms with Gasteiger partial charge in [0.05, 0.1) is 0 Å². The van der Waals surface area contributed by atoms with Crippen LogP contribution in [0, 0.1) is 6.92 Å². The Morgan fingerprint density at radius 3 is 2.43 bits per heavy atom. The molecule has 2 amide bonds. The van der Waals surface area contributed by atoms with Gasteiger partial charge < -0.3 is 10.2 Å². The van der Waals surface area contributed by atoms with E-state index in [0.29, 0.717) is 19.5 Å². The number of carbonyl (C=O) groups is 2. The second-order valence-electron chi connectivity index (χ2n) is 5.38. The molecule has 1 N–H and O–H groups in total. The van der Waals surface area contributed by atoms with Gasteiger partial charge in [-0.05, 0) is 43.5 Å². The number of hydrogen-bond acceptors (Lipinski definition) is 2. The first-order valence-corrected chi connectivity index (χ1v) is 7.82. The van der Waals surface area contributed by atoms with E-state index >= 15 is 0 Å². The van der Waals surface area contributed by atoms with Crippen LogP contribution in [0.2, 0.25) is 0 Å². The highest BCUT2D eigenvalue weighted by atomic mass is 16.2. The van der Waals surface area contributed by atoms with Crippen LogP contribution in [0.3, 0.4) is 0 Å². The van der Waals surface area contributed by atoms with Crippen LogP contribution in [-0.2, 0) is 16.0 Å². The molecule has 2 aromatic carbocycles. The van der Waals surface area contributed by atoms with E-state index in [1.807, 2.05) is 68.4 Å². The predicted octanol–water partition coefficient (Wildman–Crippen LogP) is 2.71. The Morgan fingerprint density at radius 2 is 1.78 bits per heavy atom. The summed E-state index contributed by atoms with van der Waals surface area (Å²) in [4.78, 5) is 25.9. The maximum atomic E-state index is 12.3. The number of aryl methyl sites for hydroxylation is 1. The molecule has 120 valence electrons. The van der Waals surface area contributed by atoms with Gasteiger partial charge in [-0.3, -0.25) is 9.59 Å². The molecule has 0 bridgehead atoms. The normalized spacial score (nSPS) is 10.2. The van der Waals surface area contributed by atoms with Crippen molar-refractivity contribution in [1.29, 1.82) is 0 Å². The van der Waals surface area contributed by atoms with Crippen molar-refractivity contribution in [2.75, 3.05) is 18.0 Å². The van der Waals surface area contributed by atoms with Crippen molar-refractivity contribution < 1.29 is 9.59 Å². The van der Waals surface area contributed by atoms with Gasteiger partial charge in [-0.2, -0.15) is 0 Å². The standard InChI is InChI=1S/C19H22N2O2/c1-3-21(17-11-7-8-15(2)14-17)19(23)18(22)20-13-12-16-9-5-4-6-10-16/h4-11,14H,3,12-13H2,1-2H3,(H,20,22). The molecule has 2 rings (SSSR count). The smallest absolute Gasteiger partial charge is 0.316 e. The first kappa shape index (κ1) is 16.7. The van der Waals surface area contributed by atoms with Crippen LogP contribution in [-0.4, -0.2) is 24.9 Å². The first-order chi connectivity index (χ1) is 11.1. The minimum atomic E-state index is -0.565. The Bertz CT molecular complexity index is 668. The number of likely N-dealkylation sites (N-methyl/N-ethyl adjacent to an activating group) is 1. The maximum absolute atomic E-state index is 12.3. The zero-order chi connectivity index (χ0) is 16.7. The molecular formula is C19H22N2O2. The molecule has 0 aliphatic heterocycles. The Kier molecular flexibility index (Phi) is 5.92. The molecule has 0 atom stereocenters. The van der Waals surface area contributed by atoms with Gasteiger partial charge >= 0.3 is 11.8 Å². The first-order valence-electron chi connectivity index (χ1n) is 7.82. The van der Waals surface area contributed by atoms with Crippen molar-refractivity contribution >= 4 is 17.5 Å². The summed E-state index contributed by atoms with van der Waals surface area (Å²) in [5.74, 6) is -1.09. The second-order valence-corrected chi connectivity index (χ2v) is 5.38. The van der Waals surface area contributed by atoms with Gasteiger partial charge in [-0.1, -0.05) is 42.5 Å². The number of hydrogen-bond donors (Lipinski definition) is 1. The molecule has 0 fully saturated rings. The van der Waals surface area contributed by atoms with Crippen LogP contribution in [0.15, 0.2) is 54.6 Å². The van der Waals surface area contributed by atoms with Crippen molar-refractivity contribution in [2.45, 2.75) is 20.3 Å². The summed E-state index contributed by atoms with van der Waals surface area (Å²) in [6.07, 6.45) is 0.705. The van der Waals surface area contributed by atoms with E-state index in [2.05, 4.69) is 5.32 Å². The molecule has 0 aliphatic rings. The molecule has 4 heteroatoms. The summed E-state index contributed by atoms with van der Waals surface area (Å²) in [6, 6.07) is 17.4. The highest BCUT2D eigenvalue weighted by Gasteiger charge is 2.21. The summed E-state index contributed by atoms with van der Waals surface area (Å²) < 4.78 is 0.